The van der Waals surface area contributed by atoms with Crippen LogP contribution in [-0.4, -0.2) is 146 Å². The molecule has 0 aromatic carbocycles. The van der Waals surface area contributed by atoms with Gasteiger partial charge in [-0.25, -0.2) is 4.79 Å². The molecule has 4 atom stereocenters. The van der Waals surface area contributed by atoms with Gasteiger partial charge in [0.15, 0.2) is 6.10 Å². The molecule has 0 aliphatic heterocycles. The molecule has 0 heterocycles. The summed E-state index contributed by atoms with van der Waals surface area (Å²) in [6.45, 7) is -0.843. The van der Waals surface area contributed by atoms with E-state index in [2.05, 4.69) is 0 Å². The van der Waals surface area contributed by atoms with Crippen LogP contribution >= 0.6 is 0 Å². The van der Waals surface area contributed by atoms with Crippen molar-refractivity contribution in [3.63, 3.8) is 0 Å². The molecule has 0 spiro atoms. The molecule has 14 heteroatoms. The Morgan fingerprint density at radius 3 is 1.55 bits per heavy atom. The molecule has 0 rings (SSSR count). The van der Waals surface area contributed by atoms with Gasteiger partial charge in [-0.3, -0.25) is 9.11 Å². The Morgan fingerprint density at radius 1 is 1.05 bits per heavy atom. The minimum Gasteiger partial charge on any atom is -1.00 e. The number of hydrogen-bond acceptors (Lipinski definition) is 8. The molecule has 0 aromatic rings. The first-order valence-corrected chi connectivity index (χ1v) is 5.57. The van der Waals surface area contributed by atoms with Crippen molar-refractivity contribution >= 4 is 77.2 Å². The molecule has 0 bridgehead atoms. The maximum atomic E-state index is 10.1. The van der Waals surface area contributed by atoms with Gasteiger partial charge in [-0.15, -0.1) is 0 Å². The Kier molecular flexibility index (Phi) is 20.2. The quantitative estimate of drug-likeness (QED) is 0.172. The zero-order valence-corrected chi connectivity index (χ0v) is 14.6. The summed E-state index contributed by atoms with van der Waals surface area (Å²) >= 11 is 0. The van der Waals surface area contributed by atoms with Gasteiger partial charge in [0.2, 0.25) is 0 Å². The van der Waals surface area contributed by atoms with Crippen LogP contribution in [0.5, 0.6) is 0 Å². The Bertz CT molecular complexity index is 356. The maximum absolute atomic E-state index is 10.1. The number of rotatable bonds is 5. The van der Waals surface area contributed by atoms with Crippen LogP contribution in [0.2, 0.25) is 0 Å². The predicted octanol–water partition coefficient (Wildman–Crippen LogP) is -4.46. The van der Waals surface area contributed by atoms with Gasteiger partial charge in [-0.05, 0) is 0 Å². The molecule has 0 unspecified atom stereocenters. The SMILES string of the molecule is O=C(O)[C@H](O)[C@@H](O)[C@H](O)[C@H](O)CO.O=S(=O)(O)O.[Ca+2].[H-].[H-].[H-].[H-].[Mg+2]. The van der Waals surface area contributed by atoms with Crippen LogP contribution < -0.4 is 0 Å². The van der Waals surface area contributed by atoms with E-state index < -0.39 is 47.4 Å². The molecule has 0 saturated heterocycles. The van der Waals surface area contributed by atoms with E-state index in [9.17, 15) is 4.79 Å². The molecule has 0 radical (unpaired) electrons. The topological polar surface area (TPSA) is 213 Å². The fraction of sp³-hybridized carbons (Fsp3) is 0.833. The molecule has 0 aliphatic carbocycles. The zero-order chi connectivity index (χ0) is 15.1. The predicted molar refractivity (Wildman–Crippen MR) is 68.9 cm³/mol. The van der Waals surface area contributed by atoms with Crippen molar-refractivity contribution in [2.24, 2.45) is 0 Å². The average Bonchev–Trinajstić information content (AvgIpc) is 2.22. The van der Waals surface area contributed by atoms with Crippen LogP contribution in [0, 0.1) is 0 Å². The van der Waals surface area contributed by atoms with Crippen molar-refractivity contribution in [3.8, 4) is 0 Å². The van der Waals surface area contributed by atoms with Gasteiger partial charge < -0.3 is 36.3 Å². The molecule has 0 fully saturated rings. The molecular weight excluding hydrogens is 345 g/mol. The third kappa shape index (κ3) is 17.2. The first kappa shape index (κ1) is 29.2. The van der Waals surface area contributed by atoms with Gasteiger partial charge in [0.05, 0.1) is 6.61 Å². The Balaban J connectivity index is -0.0000000347. The van der Waals surface area contributed by atoms with Gasteiger partial charge in [0.25, 0.3) is 0 Å². The van der Waals surface area contributed by atoms with Gasteiger partial charge in [-0.2, -0.15) is 8.42 Å². The first-order chi connectivity index (χ1) is 7.91. The van der Waals surface area contributed by atoms with Crippen molar-refractivity contribution in [1.29, 1.82) is 0 Å². The Hall–Kier alpha value is 1.17. The van der Waals surface area contributed by atoms with E-state index in [-0.39, 0.29) is 66.5 Å². The summed E-state index contributed by atoms with van der Waals surface area (Å²) < 4.78 is 31.6. The summed E-state index contributed by atoms with van der Waals surface area (Å²) in [5.74, 6) is -1.73. The van der Waals surface area contributed by atoms with E-state index in [0.717, 1.165) is 0 Å². The monoisotopic (exact) mass is 362 g/mol. The maximum Gasteiger partial charge on any atom is 2.00 e. The fourth-order valence-electron chi connectivity index (χ4n) is 0.668. The molecule has 0 saturated carbocycles. The standard InChI is InChI=1S/C6H12O7.Ca.Mg.H2O4S.4H/c7-1-2(8)3(9)4(10)5(11)6(12)13;;;1-5(2,3)4;;;;/h2-5,7-11H,1H2,(H,12,13);;;(H2,1,2,3,4);;;;/q;2*+2;;4*-1/t2-,3-,4+,5-;;;;;;;/m1......./s1. The summed E-state index contributed by atoms with van der Waals surface area (Å²) in [6, 6.07) is 0. The number of carboxylic acids is 1. The second-order valence-electron chi connectivity index (χ2n) is 2.96. The molecule has 20 heavy (non-hydrogen) atoms. The molecule has 0 aliphatic rings. The van der Waals surface area contributed by atoms with E-state index in [1.54, 1.807) is 0 Å². The summed E-state index contributed by atoms with van der Waals surface area (Å²) in [4.78, 5) is 10.1. The number of carbonyl (C=O) groups is 1. The Labute approximate surface area is 165 Å². The number of hydrogen-bond donors (Lipinski definition) is 8. The molecular formula is C6H18CaMgO11S. The Morgan fingerprint density at radius 2 is 1.35 bits per heavy atom. The second-order valence-corrected chi connectivity index (χ2v) is 3.86. The van der Waals surface area contributed by atoms with Gasteiger partial charge in [0.1, 0.15) is 18.3 Å². The summed E-state index contributed by atoms with van der Waals surface area (Å²) in [5, 5.41) is 51.8. The molecule has 11 nitrogen and oxygen atoms in total. The van der Waals surface area contributed by atoms with Crippen LogP contribution in [0.1, 0.15) is 5.71 Å². The number of carboxylic acid groups (broad SMARTS) is 1. The van der Waals surface area contributed by atoms with E-state index in [4.69, 9.17) is 48.2 Å². The van der Waals surface area contributed by atoms with Crippen molar-refractivity contribution in [2.75, 3.05) is 6.61 Å². The number of aliphatic carboxylic acids is 1. The summed E-state index contributed by atoms with van der Waals surface area (Å²) in [6.07, 6.45) is -7.84. The minimum atomic E-state index is -4.67. The molecule has 118 valence electrons. The average molecular weight is 363 g/mol. The van der Waals surface area contributed by atoms with Crippen molar-refractivity contribution in [2.45, 2.75) is 24.4 Å². The summed E-state index contributed by atoms with van der Waals surface area (Å²) in [7, 11) is -4.67. The third-order valence-electron chi connectivity index (χ3n) is 1.51. The van der Waals surface area contributed by atoms with Crippen molar-refractivity contribution in [1.82, 2.24) is 0 Å². The second kappa shape index (κ2) is 13.8. The molecule has 0 amide bonds. The van der Waals surface area contributed by atoms with Crippen molar-refractivity contribution in [3.05, 3.63) is 0 Å². The van der Waals surface area contributed by atoms with Crippen LogP contribution in [0.15, 0.2) is 0 Å². The molecule has 8 N–H and O–H groups in total. The van der Waals surface area contributed by atoms with Gasteiger partial charge in [0, 0.05) is 0 Å². The normalized spacial score (nSPS) is 16.1. The number of aliphatic hydroxyl groups is 5. The molecule has 0 aromatic heterocycles. The minimum absolute atomic E-state index is 0. The smallest absolute Gasteiger partial charge is 1.00 e. The van der Waals surface area contributed by atoms with Crippen LogP contribution in [-0.2, 0) is 15.2 Å². The number of aliphatic hydroxyl groups excluding tert-OH is 5. The fourth-order valence-corrected chi connectivity index (χ4v) is 0.668. The van der Waals surface area contributed by atoms with Crippen molar-refractivity contribution < 1.29 is 58.7 Å². The van der Waals surface area contributed by atoms with E-state index in [1.807, 2.05) is 0 Å². The van der Waals surface area contributed by atoms with Crippen LogP contribution in [0.4, 0.5) is 0 Å². The van der Waals surface area contributed by atoms with Gasteiger partial charge in [-0.1, -0.05) is 0 Å². The van der Waals surface area contributed by atoms with E-state index in [0.29, 0.717) is 0 Å². The first-order valence-electron chi connectivity index (χ1n) is 4.17. The third-order valence-corrected chi connectivity index (χ3v) is 1.51. The van der Waals surface area contributed by atoms with E-state index >= 15 is 0 Å². The largest absolute Gasteiger partial charge is 2.00 e. The van der Waals surface area contributed by atoms with Crippen LogP contribution in [0.3, 0.4) is 0 Å². The van der Waals surface area contributed by atoms with Gasteiger partial charge >= 0.3 is 77.2 Å². The van der Waals surface area contributed by atoms with E-state index in [1.165, 1.54) is 0 Å². The van der Waals surface area contributed by atoms with Crippen LogP contribution in [0.25, 0.3) is 0 Å². The zero-order valence-electron chi connectivity index (χ0n) is 14.1. The summed E-state index contributed by atoms with van der Waals surface area (Å²) in [5.41, 5.74) is 0.